The highest BCUT2D eigenvalue weighted by atomic mass is 16.5. The van der Waals surface area contributed by atoms with E-state index in [1.807, 2.05) is 16.9 Å². The number of nitrogens with zero attached hydrogens (tertiary/aromatic N) is 6. The number of nitrogens with one attached hydrogen (secondary N) is 2. The molecule has 2 N–H and O–H groups in total. The van der Waals surface area contributed by atoms with E-state index in [9.17, 15) is 0 Å². The fourth-order valence-corrected chi connectivity index (χ4v) is 4.18. The van der Waals surface area contributed by atoms with E-state index < -0.39 is 0 Å². The number of hydrogen-bond acceptors (Lipinski definition) is 8. The molecular weight excluding hydrogens is 408 g/mol. The normalized spacial score (nSPS) is 16.0. The molecule has 0 aromatic carbocycles. The molecule has 10 heteroatoms. The Labute approximate surface area is 186 Å². The van der Waals surface area contributed by atoms with Gasteiger partial charge in [0.1, 0.15) is 23.0 Å². The highest BCUT2D eigenvalue weighted by molar-refractivity contribution is 5.88. The summed E-state index contributed by atoms with van der Waals surface area (Å²) in [6.07, 6.45) is 8.99. The van der Waals surface area contributed by atoms with Gasteiger partial charge >= 0.3 is 0 Å². The Kier molecular flexibility index (Phi) is 5.09. The molecule has 1 aliphatic rings. The first kappa shape index (κ1) is 20.5. The van der Waals surface area contributed by atoms with Crippen molar-refractivity contribution in [2.75, 3.05) is 25.5 Å². The lowest BCUT2D eigenvalue weighted by molar-refractivity contribution is 0.0867. The summed E-state index contributed by atoms with van der Waals surface area (Å²) in [6.45, 7) is 8.90. The Bertz CT molecular complexity index is 1200. The van der Waals surface area contributed by atoms with Gasteiger partial charge in [-0.3, -0.25) is 14.7 Å². The van der Waals surface area contributed by atoms with Gasteiger partial charge in [0.05, 0.1) is 37.4 Å². The summed E-state index contributed by atoms with van der Waals surface area (Å²) >= 11 is 0. The summed E-state index contributed by atoms with van der Waals surface area (Å²) < 4.78 is 12.8. The van der Waals surface area contributed by atoms with Gasteiger partial charge in [0, 0.05) is 18.6 Å². The standard InChI is InChI=1S/C22H28N8O2/c1-22(2,3)29-8-5-15(6-9-29)30-12-17(21(28-30)31-4)25-20-18-16(11-23-27-18)24-19(26-20)14-7-10-32-13-14/h7,10-13,15H,5-6,8-9H2,1-4H3,(H,23,27)(H,24,25,26). The van der Waals surface area contributed by atoms with E-state index >= 15 is 0 Å². The molecule has 0 spiro atoms. The van der Waals surface area contributed by atoms with Crippen LogP contribution in [0, 0.1) is 0 Å². The van der Waals surface area contributed by atoms with E-state index in [-0.39, 0.29) is 5.54 Å². The molecule has 5 rings (SSSR count). The number of rotatable bonds is 5. The van der Waals surface area contributed by atoms with Crippen LogP contribution < -0.4 is 10.1 Å². The van der Waals surface area contributed by atoms with Crippen LogP contribution in [0.2, 0.25) is 0 Å². The van der Waals surface area contributed by atoms with Gasteiger partial charge in [-0.1, -0.05) is 0 Å². The van der Waals surface area contributed by atoms with Crippen LogP contribution in [0.5, 0.6) is 5.88 Å². The van der Waals surface area contributed by atoms with E-state index in [1.165, 1.54) is 0 Å². The van der Waals surface area contributed by atoms with Crippen LogP contribution in [0.3, 0.4) is 0 Å². The fourth-order valence-electron chi connectivity index (χ4n) is 4.18. The summed E-state index contributed by atoms with van der Waals surface area (Å²) in [4.78, 5) is 11.8. The third-order valence-corrected chi connectivity index (χ3v) is 6.01. The van der Waals surface area contributed by atoms with E-state index in [0.717, 1.165) is 37.2 Å². The minimum atomic E-state index is 0.189. The number of hydrogen-bond donors (Lipinski definition) is 2. The van der Waals surface area contributed by atoms with E-state index in [0.29, 0.717) is 34.6 Å². The monoisotopic (exact) mass is 436 g/mol. The third kappa shape index (κ3) is 3.81. The van der Waals surface area contributed by atoms with Gasteiger partial charge in [-0.2, -0.15) is 5.10 Å². The number of methoxy groups -OCH3 is 1. The summed E-state index contributed by atoms with van der Waals surface area (Å²) in [5.74, 6) is 1.68. The Morgan fingerprint density at radius 2 is 2.03 bits per heavy atom. The summed E-state index contributed by atoms with van der Waals surface area (Å²) in [5, 5.41) is 15.2. The minimum absolute atomic E-state index is 0.189. The smallest absolute Gasteiger partial charge is 0.256 e. The molecule has 0 unspecified atom stereocenters. The molecule has 1 fully saturated rings. The first-order valence-electron chi connectivity index (χ1n) is 10.8. The summed E-state index contributed by atoms with van der Waals surface area (Å²) in [6, 6.07) is 2.16. The SMILES string of the molecule is COc1nn(C2CCN(C(C)(C)C)CC2)cc1Nc1nc(-c2ccoc2)nc2cn[nH]c12. The molecule has 0 atom stereocenters. The number of ether oxygens (including phenoxy) is 1. The minimum Gasteiger partial charge on any atom is -0.478 e. The maximum absolute atomic E-state index is 5.57. The van der Waals surface area contributed by atoms with Crippen LogP contribution in [-0.4, -0.2) is 60.6 Å². The van der Waals surface area contributed by atoms with Crippen molar-refractivity contribution in [3.63, 3.8) is 0 Å². The molecule has 5 heterocycles. The van der Waals surface area contributed by atoms with Crippen LogP contribution in [0.15, 0.2) is 35.4 Å². The summed E-state index contributed by atoms with van der Waals surface area (Å²) in [7, 11) is 1.63. The zero-order chi connectivity index (χ0) is 22.3. The Balaban J connectivity index is 1.42. The van der Waals surface area contributed by atoms with E-state index in [2.05, 4.69) is 46.2 Å². The van der Waals surface area contributed by atoms with Crippen molar-refractivity contribution in [1.82, 2.24) is 34.8 Å². The Morgan fingerprint density at radius 1 is 1.22 bits per heavy atom. The maximum Gasteiger partial charge on any atom is 0.256 e. The zero-order valence-electron chi connectivity index (χ0n) is 18.8. The molecule has 4 aromatic rings. The van der Waals surface area contributed by atoms with Crippen molar-refractivity contribution in [2.45, 2.75) is 45.2 Å². The van der Waals surface area contributed by atoms with Crippen LogP contribution in [-0.2, 0) is 0 Å². The average Bonchev–Trinajstić information content (AvgIpc) is 3.53. The first-order valence-corrected chi connectivity index (χ1v) is 10.8. The number of piperidine rings is 1. The third-order valence-electron chi connectivity index (χ3n) is 6.01. The second-order valence-corrected chi connectivity index (χ2v) is 9.08. The molecule has 32 heavy (non-hydrogen) atoms. The quantitative estimate of drug-likeness (QED) is 0.483. The highest BCUT2D eigenvalue weighted by Crippen LogP contribution is 2.33. The average molecular weight is 437 g/mol. The number of fused-ring (bicyclic) bond motifs is 1. The van der Waals surface area contributed by atoms with Crippen molar-refractivity contribution < 1.29 is 9.15 Å². The highest BCUT2D eigenvalue weighted by Gasteiger charge is 2.29. The van der Waals surface area contributed by atoms with Gasteiger partial charge in [-0.25, -0.2) is 9.97 Å². The van der Waals surface area contributed by atoms with Crippen molar-refractivity contribution in [1.29, 1.82) is 0 Å². The molecule has 0 aliphatic carbocycles. The van der Waals surface area contributed by atoms with Gasteiger partial charge in [-0.15, -0.1) is 5.10 Å². The number of H-pyrrole nitrogens is 1. The van der Waals surface area contributed by atoms with Crippen molar-refractivity contribution >= 4 is 22.5 Å². The maximum atomic E-state index is 5.57. The van der Waals surface area contributed by atoms with Crippen LogP contribution in [0.4, 0.5) is 11.5 Å². The van der Waals surface area contributed by atoms with Gasteiger partial charge in [0.25, 0.3) is 5.88 Å². The molecular formula is C22H28N8O2. The topological polar surface area (TPSA) is 110 Å². The lowest BCUT2D eigenvalue weighted by Gasteiger charge is -2.40. The first-order chi connectivity index (χ1) is 15.4. The number of furan rings is 1. The van der Waals surface area contributed by atoms with Crippen molar-refractivity contribution in [3.05, 3.63) is 31.0 Å². The molecule has 1 saturated heterocycles. The number of anilines is 2. The van der Waals surface area contributed by atoms with Gasteiger partial charge in [-0.05, 0) is 39.7 Å². The molecule has 0 amide bonds. The number of likely N-dealkylation sites (tertiary alicyclic amines) is 1. The Hall–Kier alpha value is -3.40. The lowest BCUT2D eigenvalue weighted by Crippen LogP contribution is -2.46. The molecule has 0 radical (unpaired) electrons. The lowest BCUT2D eigenvalue weighted by atomic mass is 9.98. The largest absolute Gasteiger partial charge is 0.478 e. The molecule has 4 aromatic heterocycles. The number of aromatic amines is 1. The van der Waals surface area contributed by atoms with E-state index in [1.54, 1.807) is 25.8 Å². The predicted molar refractivity (Wildman–Crippen MR) is 121 cm³/mol. The Morgan fingerprint density at radius 3 is 2.72 bits per heavy atom. The number of aromatic nitrogens is 6. The van der Waals surface area contributed by atoms with Crippen LogP contribution in [0.1, 0.15) is 39.7 Å². The second kappa shape index (κ2) is 7.94. The van der Waals surface area contributed by atoms with Gasteiger partial charge < -0.3 is 14.5 Å². The van der Waals surface area contributed by atoms with E-state index in [4.69, 9.17) is 19.2 Å². The molecule has 0 bridgehead atoms. The van der Waals surface area contributed by atoms with Gasteiger partial charge in [0.15, 0.2) is 11.6 Å². The van der Waals surface area contributed by atoms with Gasteiger partial charge in [0.2, 0.25) is 0 Å². The van der Waals surface area contributed by atoms with Crippen LogP contribution in [0.25, 0.3) is 22.4 Å². The summed E-state index contributed by atoms with van der Waals surface area (Å²) in [5.41, 5.74) is 3.15. The molecule has 0 saturated carbocycles. The molecule has 1 aliphatic heterocycles. The molecule has 10 nitrogen and oxygen atoms in total. The predicted octanol–water partition coefficient (Wildman–Crippen LogP) is 4.00. The van der Waals surface area contributed by atoms with Crippen molar-refractivity contribution in [2.24, 2.45) is 0 Å². The van der Waals surface area contributed by atoms with Crippen molar-refractivity contribution in [3.8, 4) is 17.3 Å². The van der Waals surface area contributed by atoms with Crippen LogP contribution >= 0.6 is 0 Å². The zero-order valence-corrected chi connectivity index (χ0v) is 18.8. The second-order valence-electron chi connectivity index (χ2n) is 9.08. The molecule has 168 valence electrons. The fraction of sp³-hybridized carbons (Fsp3) is 0.455.